The summed E-state index contributed by atoms with van der Waals surface area (Å²) in [6.45, 7) is 2.38. The van der Waals surface area contributed by atoms with E-state index < -0.39 is 0 Å². The molecule has 23 heavy (non-hydrogen) atoms. The molecule has 0 aliphatic carbocycles. The number of imidazole rings is 1. The van der Waals surface area contributed by atoms with Gasteiger partial charge < -0.3 is 20.4 Å². The molecule has 0 unspecified atom stereocenters. The van der Waals surface area contributed by atoms with Crippen LogP contribution in [0.15, 0.2) is 41.3 Å². The number of aromatic amines is 2. The van der Waals surface area contributed by atoms with Crippen LogP contribution in [0.1, 0.15) is 6.92 Å². The third-order valence-corrected chi connectivity index (χ3v) is 3.04. The fourth-order valence-corrected chi connectivity index (χ4v) is 2.10. The van der Waals surface area contributed by atoms with Gasteiger partial charge in [-0.3, -0.25) is 4.98 Å². The maximum absolute atomic E-state index is 11.5. The number of carbonyl (C=O) groups is 1. The molecule has 4 N–H and O–H groups in total. The lowest BCUT2D eigenvalue weighted by atomic mass is 10.3. The summed E-state index contributed by atoms with van der Waals surface area (Å²) >= 11 is 0. The largest absolute Gasteiger partial charge is 0.455 e. The van der Waals surface area contributed by atoms with Gasteiger partial charge in [0.2, 0.25) is 0 Å². The van der Waals surface area contributed by atoms with Gasteiger partial charge in [-0.15, -0.1) is 0 Å². The number of anilines is 1. The molecule has 0 aliphatic rings. The van der Waals surface area contributed by atoms with Gasteiger partial charge in [0.1, 0.15) is 11.3 Å². The number of aromatic nitrogens is 3. The Hall–Kier alpha value is -3.29. The molecule has 0 fully saturated rings. The molecule has 0 radical (unpaired) electrons. The maximum atomic E-state index is 11.5. The van der Waals surface area contributed by atoms with Crippen LogP contribution in [0.3, 0.4) is 0 Å². The second-order valence-electron chi connectivity index (χ2n) is 4.73. The summed E-state index contributed by atoms with van der Waals surface area (Å²) in [5.41, 5.74) is 1.15. The minimum absolute atomic E-state index is 0.286. The van der Waals surface area contributed by atoms with Crippen LogP contribution in [0.25, 0.3) is 11.2 Å². The molecule has 0 bridgehead atoms. The molecule has 2 aromatic heterocycles. The number of H-pyrrole nitrogens is 2. The van der Waals surface area contributed by atoms with Crippen LogP contribution < -0.4 is 21.1 Å². The molecule has 0 aliphatic heterocycles. The number of hydrogen-bond acceptors (Lipinski definition) is 4. The molecular weight excluding hydrogens is 298 g/mol. The molecule has 118 valence electrons. The van der Waals surface area contributed by atoms with Crippen molar-refractivity contribution in [1.82, 2.24) is 20.3 Å². The highest BCUT2D eigenvalue weighted by atomic mass is 16.5. The Balaban J connectivity index is 1.84. The first-order chi connectivity index (χ1) is 11.2. The number of urea groups is 1. The van der Waals surface area contributed by atoms with E-state index in [9.17, 15) is 9.59 Å². The summed E-state index contributed by atoms with van der Waals surface area (Å²) < 4.78 is 5.79. The van der Waals surface area contributed by atoms with Gasteiger partial charge in [-0.2, -0.15) is 0 Å². The lowest BCUT2D eigenvalue weighted by molar-refractivity contribution is 0.252. The Morgan fingerprint density at radius 2 is 2.17 bits per heavy atom. The Morgan fingerprint density at radius 1 is 1.30 bits per heavy atom. The number of benzene rings is 1. The van der Waals surface area contributed by atoms with Gasteiger partial charge in [0.15, 0.2) is 11.4 Å². The number of fused-ring (bicyclic) bond motifs is 1. The topological polar surface area (TPSA) is 112 Å². The summed E-state index contributed by atoms with van der Waals surface area (Å²) in [6, 6.07) is 8.31. The summed E-state index contributed by atoms with van der Waals surface area (Å²) in [4.78, 5) is 32.2. The normalized spacial score (nSPS) is 10.5. The Morgan fingerprint density at radius 3 is 3.00 bits per heavy atom. The summed E-state index contributed by atoms with van der Waals surface area (Å²) in [5.74, 6) is 0.984. The number of nitrogens with one attached hydrogen (secondary N) is 4. The molecule has 8 heteroatoms. The molecule has 2 heterocycles. The number of rotatable bonds is 4. The van der Waals surface area contributed by atoms with E-state index in [2.05, 4.69) is 25.6 Å². The van der Waals surface area contributed by atoms with Gasteiger partial charge in [0, 0.05) is 30.6 Å². The van der Waals surface area contributed by atoms with Crippen molar-refractivity contribution >= 4 is 22.9 Å². The first kappa shape index (κ1) is 14.6. The fourth-order valence-electron chi connectivity index (χ4n) is 2.10. The Bertz CT molecular complexity index is 899. The summed E-state index contributed by atoms with van der Waals surface area (Å²) in [7, 11) is 0. The van der Waals surface area contributed by atoms with Crippen LogP contribution in [-0.4, -0.2) is 27.5 Å². The van der Waals surface area contributed by atoms with Crippen LogP contribution in [0.4, 0.5) is 10.5 Å². The SMILES string of the molecule is CCNC(=O)Nc1cccc(Oc2ccnc3[nH]c(=O)[nH]c23)c1. The van der Waals surface area contributed by atoms with Crippen LogP contribution in [0.2, 0.25) is 0 Å². The Labute approximate surface area is 130 Å². The molecule has 8 nitrogen and oxygen atoms in total. The van der Waals surface area contributed by atoms with Gasteiger partial charge in [-0.25, -0.2) is 14.6 Å². The first-order valence-corrected chi connectivity index (χ1v) is 7.05. The van der Waals surface area contributed by atoms with Crippen molar-refractivity contribution in [2.45, 2.75) is 6.92 Å². The number of carbonyl (C=O) groups excluding carboxylic acids is 1. The van der Waals surface area contributed by atoms with Crippen molar-refractivity contribution in [3.05, 3.63) is 47.0 Å². The summed E-state index contributed by atoms with van der Waals surface area (Å²) in [6.07, 6.45) is 1.54. The number of hydrogen-bond donors (Lipinski definition) is 4. The Kier molecular flexibility index (Phi) is 3.96. The van der Waals surface area contributed by atoms with Crippen LogP contribution in [-0.2, 0) is 0 Å². The zero-order chi connectivity index (χ0) is 16.2. The quantitative estimate of drug-likeness (QED) is 0.591. The number of ether oxygens (including phenoxy) is 1. The number of nitrogens with zero attached hydrogens (tertiary/aromatic N) is 1. The monoisotopic (exact) mass is 313 g/mol. The second kappa shape index (κ2) is 6.22. The average molecular weight is 313 g/mol. The predicted molar refractivity (Wildman–Crippen MR) is 85.9 cm³/mol. The zero-order valence-electron chi connectivity index (χ0n) is 12.3. The average Bonchev–Trinajstić information content (AvgIpc) is 2.89. The van der Waals surface area contributed by atoms with Gasteiger partial charge in [0.05, 0.1) is 0 Å². The van der Waals surface area contributed by atoms with E-state index in [1.807, 2.05) is 6.92 Å². The molecule has 0 saturated heterocycles. The minimum Gasteiger partial charge on any atom is -0.455 e. The fraction of sp³-hybridized carbons (Fsp3) is 0.133. The molecule has 2 amide bonds. The minimum atomic E-state index is -0.352. The molecule has 0 spiro atoms. The molecule has 0 atom stereocenters. The zero-order valence-corrected chi connectivity index (χ0v) is 12.3. The first-order valence-electron chi connectivity index (χ1n) is 7.05. The van der Waals surface area contributed by atoms with Crippen molar-refractivity contribution in [1.29, 1.82) is 0 Å². The van der Waals surface area contributed by atoms with Gasteiger partial charge >= 0.3 is 11.7 Å². The molecule has 3 aromatic rings. The molecule has 1 aromatic carbocycles. The van der Waals surface area contributed by atoms with Crippen LogP contribution in [0.5, 0.6) is 11.5 Å². The van der Waals surface area contributed by atoms with Crippen molar-refractivity contribution in [2.24, 2.45) is 0 Å². The van der Waals surface area contributed by atoms with E-state index in [1.165, 1.54) is 6.20 Å². The maximum Gasteiger partial charge on any atom is 0.325 e. The smallest absolute Gasteiger partial charge is 0.325 e. The van der Waals surface area contributed by atoms with Crippen molar-refractivity contribution < 1.29 is 9.53 Å². The molecule has 0 saturated carbocycles. The van der Waals surface area contributed by atoms with Crippen molar-refractivity contribution in [3.8, 4) is 11.5 Å². The van der Waals surface area contributed by atoms with Crippen LogP contribution in [0, 0.1) is 0 Å². The van der Waals surface area contributed by atoms with Crippen molar-refractivity contribution in [2.75, 3.05) is 11.9 Å². The number of amides is 2. The highest BCUT2D eigenvalue weighted by molar-refractivity contribution is 5.89. The van der Waals surface area contributed by atoms with Gasteiger partial charge in [-0.05, 0) is 19.1 Å². The van der Waals surface area contributed by atoms with E-state index in [4.69, 9.17) is 4.74 Å². The molecular formula is C15H15N5O3. The van der Waals surface area contributed by atoms with Gasteiger partial charge in [-0.1, -0.05) is 6.07 Å². The lowest BCUT2D eigenvalue weighted by Gasteiger charge is -2.09. The second-order valence-corrected chi connectivity index (χ2v) is 4.73. The molecule has 3 rings (SSSR count). The van der Waals surface area contributed by atoms with E-state index in [-0.39, 0.29) is 11.7 Å². The van der Waals surface area contributed by atoms with Crippen LogP contribution >= 0.6 is 0 Å². The van der Waals surface area contributed by atoms with E-state index in [0.717, 1.165) is 0 Å². The third-order valence-electron chi connectivity index (χ3n) is 3.04. The third kappa shape index (κ3) is 3.31. The number of pyridine rings is 1. The predicted octanol–water partition coefficient (Wildman–Crippen LogP) is 2.18. The van der Waals surface area contributed by atoms with Crippen molar-refractivity contribution in [3.63, 3.8) is 0 Å². The summed E-state index contributed by atoms with van der Waals surface area (Å²) in [5, 5.41) is 5.35. The highest BCUT2D eigenvalue weighted by Gasteiger charge is 2.08. The van der Waals surface area contributed by atoms with E-state index >= 15 is 0 Å². The standard InChI is InChI=1S/C15H15N5O3/c1-2-16-14(21)18-9-4-3-5-10(8-9)23-11-6-7-17-13-12(11)19-15(22)20-13/h3-8H,2H2,1H3,(H2,16,18,21)(H2,17,19,20,22). The van der Waals surface area contributed by atoms with E-state index in [1.54, 1.807) is 30.3 Å². The van der Waals surface area contributed by atoms with E-state index in [0.29, 0.717) is 34.9 Å². The lowest BCUT2D eigenvalue weighted by Crippen LogP contribution is -2.28. The van der Waals surface area contributed by atoms with Gasteiger partial charge in [0.25, 0.3) is 0 Å². The highest BCUT2D eigenvalue weighted by Crippen LogP contribution is 2.27.